The molecule has 1 aromatic heterocycles. The predicted octanol–water partition coefficient (Wildman–Crippen LogP) is 6.59. The Balaban J connectivity index is 2.42. The molecule has 3 aromatic rings. The van der Waals surface area contributed by atoms with Crippen LogP contribution in [-0.2, 0) is 16.3 Å². The summed E-state index contributed by atoms with van der Waals surface area (Å²) in [4.78, 5) is 12.7. The van der Waals surface area contributed by atoms with E-state index >= 15 is 8.78 Å². The van der Waals surface area contributed by atoms with Gasteiger partial charge in [-0.05, 0) is 48.7 Å². The topological polar surface area (TPSA) is 64.4 Å². The van der Waals surface area contributed by atoms with Crippen LogP contribution in [0.15, 0.2) is 47.0 Å². The summed E-state index contributed by atoms with van der Waals surface area (Å²) < 4.78 is 137. The van der Waals surface area contributed by atoms with Gasteiger partial charge in [0.1, 0.15) is 23.1 Å². The van der Waals surface area contributed by atoms with Gasteiger partial charge in [0.15, 0.2) is 11.4 Å². The second-order valence-corrected chi connectivity index (χ2v) is 8.18. The quantitative estimate of drug-likeness (QED) is 0.288. The Morgan fingerprint density at radius 1 is 1.00 bits per heavy atom. The molecule has 3 rings (SSSR count). The Kier molecular flexibility index (Phi) is 8.03. The highest BCUT2D eigenvalue weighted by Crippen LogP contribution is 2.51. The van der Waals surface area contributed by atoms with E-state index in [1.807, 2.05) is 5.32 Å². The van der Waals surface area contributed by atoms with Crippen molar-refractivity contribution in [2.45, 2.75) is 50.7 Å². The number of nitrogens with zero attached hydrogens (tertiary/aromatic N) is 1. The van der Waals surface area contributed by atoms with Crippen molar-refractivity contribution in [2.24, 2.45) is 0 Å². The first kappa shape index (κ1) is 28.9. The number of aryl methyl sites for hydroxylation is 1. The third-order valence-electron chi connectivity index (χ3n) is 5.44. The fourth-order valence-corrected chi connectivity index (χ4v) is 3.71. The molecular weight excluding hydrogens is 535 g/mol. The van der Waals surface area contributed by atoms with Gasteiger partial charge in [0.05, 0.1) is 0 Å². The first-order valence-corrected chi connectivity index (χ1v) is 10.9. The fourth-order valence-electron chi connectivity index (χ4n) is 3.71. The highest BCUT2D eigenvalue weighted by molar-refractivity contribution is 5.78. The van der Waals surface area contributed by atoms with Crippen LogP contribution in [0.2, 0.25) is 0 Å². The van der Waals surface area contributed by atoms with Gasteiger partial charge in [0.2, 0.25) is 11.7 Å². The summed E-state index contributed by atoms with van der Waals surface area (Å²) in [6.45, 7) is 2.49. The van der Waals surface area contributed by atoms with Gasteiger partial charge in [-0.15, -0.1) is 0 Å². The second-order valence-electron chi connectivity index (χ2n) is 8.18. The van der Waals surface area contributed by atoms with Gasteiger partial charge in [-0.2, -0.15) is 26.3 Å². The Bertz CT molecular complexity index is 1300. The van der Waals surface area contributed by atoms with Crippen molar-refractivity contribution in [1.29, 1.82) is 0 Å². The predicted molar refractivity (Wildman–Crippen MR) is 113 cm³/mol. The van der Waals surface area contributed by atoms with Gasteiger partial charge in [-0.1, -0.05) is 24.2 Å². The van der Waals surface area contributed by atoms with Crippen LogP contribution in [0.3, 0.4) is 0 Å². The first-order valence-electron chi connectivity index (χ1n) is 10.9. The summed E-state index contributed by atoms with van der Waals surface area (Å²) in [5.74, 6) is -13.0. The molecule has 0 aliphatic heterocycles. The molecule has 0 bridgehead atoms. The lowest BCUT2D eigenvalue weighted by molar-refractivity contribution is -0.253. The van der Waals surface area contributed by atoms with Crippen molar-refractivity contribution >= 4 is 5.91 Å². The zero-order valence-corrected chi connectivity index (χ0v) is 19.6. The van der Waals surface area contributed by atoms with Crippen LogP contribution in [0, 0.1) is 24.4 Å². The minimum Gasteiger partial charge on any atom is -0.428 e. The van der Waals surface area contributed by atoms with Gasteiger partial charge >= 0.3 is 18.5 Å². The summed E-state index contributed by atoms with van der Waals surface area (Å²) in [6.07, 6.45) is -9.82. The van der Waals surface area contributed by atoms with Crippen molar-refractivity contribution in [3.8, 4) is 5.75 Å². The number of carbonyl (C=O) groups excluding carboxylic acids is 1. The average molecular weight is 554 g/mol. The minimum absolute atomic E-state index is 0.116. The molecule has 0 fully saturated rings. The van der Waals surface area contributed by atoms with E-state index in [4.69, 9.17) is 0 Å². The van der Waals surface area contributed by atoms with Crippen LogP contribution in [-0.4, -0.2) is 23.6 Å². The van der Waals surface area contributed by atoms with Crippen LogP contribution in [0.1, 0.15) is 42.3 Å². The molecule has 0 radical (unpaired) electrons. The zero-order chi connectivity index (χ0) is 28.5. The lowest BCUT2D eigenvalue weighted by Crippen LogP contribution is -2.57. The molecule has 206 valence electrons. The van der Waals surface area contributed by atoms with E-state index in [2.05, 4.69) is 14.4 Å². The van der Waals surface area contributed by atoms with E-state index in [1.165, 1.54) is 6.92 Å². The fraction of sp³-hybridized carbons (Fsp3) is 0.333. The Morgan fingerprint density at radius 3 is 2.16 bits per heavy atom. The normalized spacial score (nSPS) is 13.9. The van der Waals surface area contributed by atoms with E-state index in [9.17, 15) is 35.5 Å². The van der Waals surface area contributed by atoms with E-state index in [-0.39, 0.29) is 18.9 Å². The first-order chi connectivity index (χ1) is 17.7. The molecular formula is C24H19F9N2O3. The Labute approximate surface area is 209 Å². The van der Waals surface area contributed by atoms with Crippen LogP contribution < -0.4 is 10.1 Å². The maximum Gasteiger partial charge on any atom is 0.461 e. The summed E-state index contributed by atoms with van der Waals surface area (Å²) in [5.41, 5.74) is -5.72. The highest BCUT2D eigenvalue weighted by atomic mass is 19.3. The molecule has 0 spiro atoms. The van der Waals surface area contributed by atoms with Crippen LogP contribution >= 0.6 is 0 Å². The molecule has 1 atom stereocenters. The molecule has 0 saturated carbocycles. The zero-order valence-electron chi connectivity index (χ0n) is 19.6. The van der Waals surface area contributed by atoms with Gasteiger partial charge in [-0.25, -0.2) is 13.2 Å². The largest absolute Gasteiger partial charge is 0.461 e. The lowest BCUT2D eigenvalue weighted by Gasteiger charge is -2.41. The molecule has 1 N–H and O–H groups in total. The molecule has 0 aliphatic carbocycles. The third-order valence-corrected chi connectivity index (χ3v) is 5.44. The standard InChI is InChI=1S/C24H19F9N2O3/c1-3-4-18(36)34-22(13-5-7-15(25)8-6-13,23(30,31)20-19(27)12(2)35-38-20)14-9-16(26)11-17(10-14)37-24(32,33)21(28)29/h5-11,21H,3-4H2,1-2H3,(H,34,36)/t22-/m1/s1. The van der Waals surface area contributed by atoms with Crippen molar-refractivity contribution in [1.82, 2.24) is 10.5 Å². The maximum atomic E-state index is 16.4. The van der Waals surface area contributed by atoms with E-state index in [0.29, 0.717) is 24.3 Å². The van der Waals surface area contributed by atoms with E-state index < -0.39 is 75.7 Å². The maximum absolute atomic E-state index is 16.4. The monoisotopic (exact) mass is 554 g/mol. The Morgan fingerprint density at radius 2 is 1.63 bits per heavy atom. The molecule has 14 heteroatoms. The third kappa shape index (κ3) is 5.29. The number of hydrogen-bond acceptors (Lipinski definition) is 4. The van der Waals surface area contributed by atoms with Gasteiger partial charge in [0.25, 0.3) is 0 Å². The molecule has 2 aromatic carbocycles. The number of carbonyl (C=O) groups is 1. The molecule has 1 amide bonds. The number of hydrogen-bond donors (Lipinski definition) is 1. The van der Waals surface area contributed by atoms with Crippen molar-refractivity contribution in [2.75, 3.05) is 0 Å². The van der Waals surface area contributed by atoms with Crippen LogP contribution in [0.5, 0.6) is 5.75 Å². The number of alkyl halides is 6. The molecule has 0 saturated heterocycles. The second kappa shape index (κ2) is 10.6. The molecule has 5 nitrogen and oxygen atoms in total. The van der Waals surface area contributed by atoms with Crippen LogP contribution in [0.4, 0.5) is 39.5 Å². The number of halogens is 9. The Hall–Kier alpha value is -3.71. The van der Waals surface area contributed by atoms with Gasteiger partial charge in [-0.3, -0.25) is 4.79 Å². The van der Waals surface area contributed by atoms with E-state index in [1.54, 1.807) is 0 Å². The van der Waals surface area contributed by atoms with Crippen molar-refractivity contribution < 1.29 is 53.6 Å². The summed E-state index contributed by atoms with van der Waals surface area (Å²) in [5, 5.41) is 5.11. The van der Waals surface area contributed by atoms with Crippen molar-refractivity contribution in [3.05, 3.63) is 82.5 Å². The number of benzene rings is 2. The number of ether oxygens (including phenoxy) is 1. The van der Waals surface area contributed by atoms with E-state index in [0.717, 1.165) is 19.1 Å². The number of rotatable bonds is 10. The summed E-state index contributed by atoms with van der Waals surface area (Å²) >= 11 is 0. The number of amides is 1. The minimum atomic E-state index is -5.16. The summed E-state index contributed by atoms with van der Waals surface area (Å²) in [6, 6.07) is 3.78. The molecule has 38 heavy (non-hydrogen) atoms. The highest BCUT2D eigenvalue weighted by Gasteiger charge is 2.62. The lowest BCUT2D eigenvalue weighted by atomic mass is 9.75. The number of nitrogens with one attached hydrogen (secondary N) is 1. The number of aromatic nitrogens is 1. The smallest absolute Gasteiger partial charge is 0.428 e. The van der Waals surface area contributed by atoms with Crippen LogP contribution in [0.25, 0.3) is 0 Å². The summed E-state index contributed by atoms with van der Waals surface area (Å²) in [7, 11) is 0. The SMILES string of the molecule is CCCC(=O)N[C@](c1ccc(F)cc1)(c1cc(F)cc(OC(F)(F)C(F)F)c1)C(F)(F)c1onc(C)c1F. The van der Waals surface area contributed by atoms with Gasteiger partial charge < -0.3 is 14.6 Å². The molecule has 1 heterocycles. The molecule has 0 unspecified atom stereocenters. The van der Waals surface area contributed by atoms with Crippen molar-refractivity contribution in [3.63, 3.8) is 0 Å². The van der Waals surface area contributed by atoms with Gasteiger partial charge in [0, 0.05) is 12.5 Å². The molecule has 0 aliphatic rings. The average Bonchev–Trinajstić information content (AvgIpc) is 3.16.